The van der Waals surface area contributed by atoms with Crippen LogP contribution in [0.2, 0.25) is 0 Å². The van der Waals surface area contributed by atoms with Gasteiger partial charge in [-0.15, -0.1) is 11.3 Å². The summed E-state index contributed by atoms with van der Waals surface area (Å²) < 4.78 is 10.4. The lowest BCUT2D eigenvalue weighted by molar-refractivity contribution is -0.144. The summed E-state index contributed by atoms with van der Waals surface area (Å²) in [5.41, 5.74) is 2.19. The maximum atomic E-state index is 10.7. The third-order valence-corrected chi connectivity index (χ3v) is 3.70. The molecule has 2 aromatic rings. The van der Waals surface area contributed by atoms with Crippen molar-refractivity contribution in [1.82, 2.24) is 0 Å². The van der Waals surface area contributed by atoms with Crippen molar-refractivity contribution >= 4 is 17.3 Å². The van der Waals surface area contributed by atoms with Crippen LogP contribution in [0, 0.1) is 0 Å². The number of hydrogen-bond donors (Lipinski definition) is 1. The molecule has 1 heterocycles. The molecule has 106 valence electrons. The predicted molar refractivity (Wildman–Crippen MR) is 78.2 cm³/mol. The van der Waals surface area contributed by atoms with E-state index in [9.17, 15) is 4.79 Å². The summed E-state index contributed by atoms with van der Waals surface area (Å²) >= 11 is 1.65. The average Bonchev–Trinajstić information content (AvgIpc) is 2.88. The van der Waals surface area contributed by atoms with Gasteiger partial charge in [0.2, 0.25) is 0 Å². The monoisotopic (exact) mass is 292 g/mol. The van der Waals surface area contributed by atoms with Crippen LogP contribution in [0.5, 0.6) is 5.75 Å². The minimum absolute atomic E-state index is 0.552. The van der Waals surface area contributed by atoms with E-state index in [0.29, 0.717) is 12.4 Å². The molecule has 0 fully saturated rings. The first-order valence-electron chi connectivity index (χ1n) is 6.16. The minimum atomic E-state index is -0.976. The molecule has 0 aliphatic carbocycles. The summed E-state index contributed by atoms with van der Waals surface area (Å²) in [6.45, 7) is 2.12. The lowest BCUT2D eigenvalue weighted by Gasteiger charge is -2.10. The molecule has 5 heteroatoms. The van der Waals surface area contributed by atoms with E-state index >= 15 is 0 Å². The number of hydrogen-bond acceptors (Lipinski definition) is 4. The lowest BCUT2D eigenvalue weighted by Crippen LogP contribution is -2.22. The van der Waals surface area contributed by atoms with Crippen LogP contribution >= 0.6 is 11.3 Å². The van der Waals surface area contributed by atoms with Crippen LogP contribution in [-0.2, 0) is 16.1 Å². The van der Waals surface area contributed by atoms with Gasteiger partial charge in [0, 0.05) is 12.0 Å². The van der Waals surface area contributed by atoms with Crippen molar-refractivity contribution in [2.75, 3.05) is 7.11 Å². The van der Waals surface area contributed by atoms with E-state index in [4.69, 9.17) is 14.6 Å². The van der Waals surface area contributed by atoms with Gasteiger partial charge in [-0.05, 0) is 41.6 Å². The van der Waals surface area contributed by atoms with Gasteiger partial charge >= 0.3 is 5.97 Å². The lowest BCUT2D eigenvalue weighted by atomic mass is 10.1. The van der Waals surface area contributed by atoms with Gasteiger partial charge in [-0.2, -0.15) is 0 Å². The van der Waals surface area contributed by atoms with Gasteiger partial charge in [0.15, 0.2) is 6.10 Å². The summed E-state index contributed by atoms with van der Waals surface area (Å²) in [6, 6.07) is 9.49. The molecular formula is C15H16O4S. The second-order valence-electron chi connectivity index (χ2n) is 4.36. The Morgan fingerprint density at radius 2 is 2.00 bits per heavy atom. The number of ether oxygens (including phenoxy) is 2. The summed E-state index contributed by atoms with van der Waals surface area (Å²) in [5.74, 6) is -0.424. The average molecular weight is 292 g/mol. The molecule has 0 radical (unpaired) electrons. The van der Waals surface area contributed by atoms with Crippen LogP contribution < -0.4 is 4.74 Å². The summed E-state index contributed by atoms with van der Waals surface area (Å²) in [4.78, 5) is 11.9. The van der Waals surface area contributed by atoms with Crippen molar-refractivity contribution in [3.05, 3.63) is 40.6 Å². The predicted octanol–water partition coefficient (Wildman–Crippen LogP) is 3.41. The maximum absolute atomic E-state index is 10.7. The second kappa shape index (κ2) is 6.54. The zero-order chi connectivity index (χ0) is 14.5. The molecule has 0 saturated heterocycles. The Bertz CT molecular complexity index is 574. The zero-order valence-corrected chi connectivity index (χ0v) is 12.1. The molecule has 0 aliphatic heterocycles. The van der Waals surface area contributed by atoms with E-state index in [0.717, 1.165) is 11.1 Å². The Balaban J connectivity index is 2.09. The second-order valence-corrected chi connectivity index (χ2v) is 5.35. The first-order valence-corrected chi connectivity index (χ1v) is 7.04. The van der Waals surface area contributed by atoms with Crippen molar-refractivity contribution in [1.29, 1.82) is 0 Å². The first kappa shape index (κ1) is 14.6. The molecular weight excluding hydrogens is 276 g/mol. The summed E-state index contributed by atoms with van der Waals surface area (Å²) in [5, 5.41) is 10.9. The topological polar surface area (TPSA) is 55.8 Å². The highest BCUT2D eigenvalue weighted by Gasteiger charge is 2.12. The standard InChI is InChI=1S/C15H16O4S/c1-10(15(16)17)19-13-5-3-11(4-6-13)12-7-14(8-18-2)20-9-12/h3-7,9-10H,8H2,1-2H3,(H,16,17). The van der Waals surface area contributed by atoms with Crippen LogP contribution in [0.3, 0.4) is 0 Å². The number of thiophene rings is 1. The highest BCUT2D eigenvalue weighted by molar-refractivity contribution is 7.10. The first-order chi connectivity index (χ1) is 9.60. The van der Waals surface area contributed by atoms with Crippen molar-refractivity contribution in [2.45, 2.75) is 19.6 Å². The van der Waals surface area contributed by atoms with Crippen LogP contribution in [0.4, 0.5) is 0 Å². The van der Waals surface area contributed by atoms with E-state index in [1.165, 1.54) is 11.8 Å². The SMILES string of the molecule is COCc1cc(-c2ccc(OC(C)C(=O)O)cc2)cs1. The molecule has 1 atom stereocenters. The molecule has 0 bridgehead atoms. The molecule has 0 amide bonds. The highest BCUT2D eigenvalue weighted by atomic mass is 32.1. The smallest absolute Gasteiger partial charge is 0.344 e. The zero-order valence-electron chi connectivity index (χ0n) is 11.3. The number of carboxylic acid groups (broad SMARTS) is 1. The Hall–Kier alpha value is -1.85. The largest absolute Gasteiger partial charge is 0.479 e. The van der Waals surface area contributed by atoms with Crippen molar-refractivity contribution in [3.63, 3.8) is 0 Å². The Morgan fingerprint density at radius 1 is 1.30 bits per heavy atom. The fraction of sp³-hybridized carbons (Fsp3) is 0.267. The normalized spacial score (nSPS) is 12.1. The van der Waals surface area contributed by atoms with Crippen LogP contribution in [0.1, 0.15) is 11.8 Å². The van der Waals surface area contributed by atoms with Gasteiger partial charge in [0.05, 0.1) is 6.61 Å². The van der Waals surface area contributed by atoms with E-state index in [1.807, 2.05) is 12.1 Å². The van der Waals surface area contributed by atoms with E-state index in [1.54, 1.807) is 30.6 Å². The molecule has 0 spiro atoms. The molecule has 1 aromatic heterocycles. The third-order valence-electron chi connectivity index (χ3n) is 2.79. The van der Waals surface area contributed by atoms with Crippen molar-refractivity contribution in [3.8, 4) is 16.9 Å². The molecule has 0 saturated carbocycles. The van der Waals surface area contributed by atoms with Crippen LogP contribution in [-0.4, -0.2) is 24.3 Å². The van der Waals surface area contributed by atoms with Crippen molar-refractivity contribution < 1.29 is 19.4 Å². The van der Waals surface area contributed by atoms with Crippen molar-refractivity contribution in [2.24, 2.45) is 0 Å². The van der Waals surface area contributed by atoms with Gasteiger partial charge in [0.25, 0.3) is 0 Å². The van der Waals surface area contributed by atoms with Gasteiger partial charge in [-0.25, -0.2) is 4.79 Å². The van der Waals surface area contributed by atoms with E-state index in [-0.39, 0.29) is 0 Å². The molecule has 4 nitrogen and oxygen atoms in total. The molecule has 1 N–H and O–H groups in total. The summed E-state index contributed by atoms with van der Waals surface area (Å²) in [6.07, 6.45) is -0.852. The fourth-order valence-corrected chi connectivity index (χ4v) is 2.59. The van der Waals surface area contributed by atoms with Gasteiger partial charge in [-0.1, -0.05) is 12.1 Å². The maximum Gasteiger partial charge on any atom is 0.344 e. The number of carboxylic acids is 1. The number of rotatable bonds is 6. The van der Waals surface area contributed by atoms with Gasteiger partial charge < -0.3 is 14.6 Å². The number of benzene rings is 1. The molecule has 2 rings (SSSR count). The van der Waals surface area contributed by atoms with Crippen LogP contribution in [0.15, 0.2) is 35.7 Å². The Morgan fingerprint density at radius 3 is 2.60 bits per heavy atom. The highest BCUT2D eigenvalue weighted by Crippen LogP contribution is 2.27. The molecule has 1 unspecified atom stereocenters. The molecule has 0 aliphatic rings. The number of aliphatic carboxylic acids is 1. The fourth-order valence-electron chi connectivity index (χ4n) is 1.73. The summed E-state index contributed by atoms with van der Waals surface area (Å²) in [7, 11) is 1.68. The third kappa shape index (κ3) is 3.59. The van der Waals surface area contributed by atoms with Gasteiger partial charge in [0.1, 0.15) is 5.75 Å². The van der Waals surface area contributed by atoms with Crippen LogP contribution in [0.25, 0.3) is 11.1 Å². The Labute approximate surface area is 121 Å². The molecule has 1 aromatic carbocycles. The number of carbonyl (C=O) groups is 1. The quantitative estimate of drug-likeness (QED) is 0.886. The minimum Gasteiger partial charge on any atom is -0.479 e. The Kier molecular flexibility index (Phi) is 4.76. The molecule has 20 heavy (non-hydrogen) atoms. The number of methoxy groups -OCH3 is 1. The van der Waals surface area contributed by atoms with E-state index < -0.39 is 12.1 Å². The van der Waals surface area contributed by atoms with E-state index in [2.05, 4.69) is 11.4 Å². The van der Waals surface area contributed by atoms with Gasteiger partial charge in [-0.3, -0.25) is 0 Å².